The monoisotopic (exact) mass is 291 g/mol. The Balaban J connectivity index is 1.75. The quantitative estimate of drug-likeness (QED) is 0.736. The Bertz CT molecular complexity index is 484. The number of anilines is 1. The summed E-state index contributed by atoms with van der Waals surface area (Å²) >= 11 is 6.13. The Morgan fingerprint density at radius 2 is 1.75 bits per heavy atom. The van der Waals surface area contributed by atoms with Gasteiger partial charge in [0, 0.05) is 18.8 Å². The fourth-order valence-electron chi connectivity index (χ4n) is 3.94. The van der Waals surface area contributed by atoms with Gasteiger partial charge in [-0.2, -0.15) is 0 Å². The van der Waals surface area contributed by atoms with Crippen LogP contribution < -0.4 is 4.90 Å². The molecule has 2 nitrogen and oxygen atoms in total. The van der Waals surface area contributed by atoms with Crippen LogP contribution in [0.25, 0.3) is 0 Å². The third-order valence-electron chi connectivity index (χ3n) is 5.23. The number of benzene rings is 1. The molecule has 108 valence electrons. The predicted octanol–water partition coefficient (Wildman–Crippen LogP) is 4.70. The van der Waals surface area contributed by atoms with E-state index in [0.29, 0.717) is 16.0 Å². The summed E-state index contributed by atoms with van der Waals surface area (Å²) in [6.07, 6.45) is 10.4. The van der Waals surface area contributed by atoms with E-state index < -0.39 is 0 Å². The van der Waals surface area contributed by atoms with Gasteiger partial charge in [-0.1, -0.05) is 36.9 Å². The van der Waals surface area contributed by atoms with E-state index in [9.17, 15) is 4.79 Å². The van der Waals surface area contributed by atoms with E-state index in [2.05, 4.69) is 4.90 Å². The Hall–Kier alpha value is -1.02. The Morgan fingerprint density at radius 3 is 2.40 bits per heavy atom. The smallest absolute Gasteiger partial charge is 0.153 e. The molecule has 0 bridgehead atoms. The highest BCUT2D eigenvalue weighted by Crippen LogP contribution is 2.45. The molecule has 3 rings (SSSR count). The van der Waals surface area contributed by atoms with Crippen LogP contribution in [0.3, 0.4) is 0 Å². The molecule has 20 heavy (non-hydrogen) atoms. The maximum atomic E-state index is 11.3. The standard InChI is InChI=1S/C17H22ClNO/c18-15-5-4-6-16(14(15)13-20)19-11-9-17(10-12-19)7-2-1-3-8-17/h4-6,13H,1-3,7-12H2. The van der Waals surface area contributed by atoms with Crippen molar-refractivity contribution in [2.24, 2.45) is 5.41 Å². The number of halogens is 1. The molecule has 1 spiro atoms. The van der Waals surface area contributed by atoms with Crippen molar-refractivity contribution in [3.63, 3.8) is 0 Å². The van der Waals surface area contributed by atoms with E-state index in [1.54, 1.807) is 6.07 Å². The molecule has 1 aliphatic carbocycles. The summed E-state index contributed by atoms with van der Waals surface area (Å²) in [6.45, 7) is 2.11. The summed E-state index contributed by atoms with van der Waals surface area (Å²) in [5.41, 5.74) is 2.25. The molecular formula is C17H22ClNO. The first-order valence-corrected chi connectivity index (χ1v) is 8.11. The van der Waals surface area contributed by atoms with Crippen LogP contribution in [0.2, 0.25) is 5.02 Å². The average Bonchev–Trinajstić information content (AvgIpc) is 2.49. The number of hydrogen-bond acceptors (Lipinski definition) is 2. The van der Waals surface area contributed by atoms with Gasteiger partial charge in [0.25, 0.3) is 0 Å². The van der Waals surface area contributed by atoms with Gasteiger partial charge in [-0.25, -0.2) is 0 Å². The third-order valence-corrected chi connectivity index (χ3v) is 5.56. The maximum Gasteiger partial charge on any atom is 0.153 e. The Morgan fingerprint density at radius 1 is 1.05 bits per heavy atom. The van der Waals surface area contributed by atoms with Crippen molar-refractivity contribution in [3.8, 4) is 0 Å². The van der Waals surface area contributed by atoms with E-state index in [4.69, 9.17) is 11.6 Å². The summed E-state index contributed by atoms with van der Waals surface area (Å²) in [4.78, 5) is 13.6. The molecule has 1 aliphatic heterocycles. The molecule has 1 aromatic rings. The van der Waals surface area contributed by atoms with Gasteiger partial charge in [0.05, 0.1) is 10.6 Å². The van der Waals surface area contributed by atoms with Crippen LogP contribution in [0.15, 0.2) is 18.2 Å². The summed E-state index contributed by atoms with van der Waals surface area (Å²) in [6, 6.07) is 5.76. The van der Waals surface area contributed by atoms with Gasteiger partial charge in [0.15, 0.2) is 6.29 Å². The van der Waals surface area contributed by atoms with E-state index in [0.717, 1.165) is 25.1 Å². The predicted molar refractivity (Wildman–Crippen MR) is 83.8 cm³/mol. The maximum absolute atomic E-state index is 11.3. The van der Waals surface area contributed by atoms with Crippen molar-refractivity contribution < 1.29 is 4.79 Å². The molecule has 1 saturated heterocycles. The second kappa shape index (κ2) is 5.77. The highest BCUT2D eigenvalue weighted by atomic mass is 35.5. The molecule has 2 fully saturated rings. The highest BCUT2D eigenvalue weighted by molar-refractivity contribution is 6.33. The lowest BCUT2D eigenvalue weighted by molar-refractivity contribution is 0.112. The lowest BCUT2D eigenvalue weighted by Crippen LogP contribution is -2.41. The number of hydrogen-bond donors (Lipinski definition) is 0. The zero-order chi connectivity index (χ0) is 14.0. The van der Waals surface area contributed by atoms with Gasteiger partial charge in [-0.3, -0.25) is 4.79 Å². The van der Waals surface area contributed by atoms with Crippen molar-refractivity contribution in [1.82, 2.24) is 0 Å². The lowest BCUT2D eigenvalue weighted by atomic mass is 9.68. The molecule has 0 aromatic heterocycles. The first kappa shape index (κ1) is 13.9. The van der Waals surface area contributed by atoms with Crippen LogP contribution in [0.5, 0.6) is 0 Å². The summed E-state index contributed by atoms with van der Waals surface area (Å²) in [5.74, 6) is 0. The topological polar surface area (TPSA) is 20.3 Å². The number of carbonyl (C=O) groups excluding carboxylic acids is 1. The number of carbonyl (C=O) groups is 1. The summed E-state index contributed by atoms with van der Waals surface area (Å²) < 4.78 is 0. The fraction of sp³-hybridized carbons (Fsp3) is 0.588. The first-order valence-electron chi connectivity index (χ1n) is 7.73. The Labute approximate surface area is 126 Å². The largest absolute Gasteiger partial charge is 0.371 e. The molecule has 2 aliphatic rings. The van der Waals surface area contributed by atoms with Crippen molar-refractivity contribution >= 4 is 23.6 Å². The SMILES string of the molecule is O=Cc1c(Cl)cccc1N1CCC2(CCCCC2)CC1. The highest BCUT2D eigenvalue weighted by Gasteiger charge is 2.35. The molecule has 1 saturated carbocycles. The van der Waals surface area contributed by atoms with Crippen LogP contribution >= 0.6 is 11.6 Å². The van der Waals surface area contributed by atoms with Crippen molar-refractivity contribution in [1.29, 1.82) is 0 Å². The van der Waals surface area contributed by atoms with Gasteiger partial charge in [0.2, 0.25) is 0 Å². The van der Waals surface area contributed by atoms with Gasteiger partial charge in [-0.05, 0) is 43.2 Å². The lowest BCUT2D eigenvalue weighted by Gasteiger charge is -2.45. The van der Waals surface area contributed by atoms with E-state index in [1.807, 2.05) is 12.1 Å². The zero-order valence-electron chi connectivity index (χ0n) is 11.9. The summed E-state index contributed by atoms with van der Waals surface area (Å²) in [5, 5.41) is 0.565. The zero-order valence-corrected chi connectivity index (χ0v) is 12.7. The second-order valence-electron chi connectivity index (χ2n) is 6.34. The molecule has 0 atom stereocenters. The normalized spacial score (nSPS) is 21.9. The minimum absolute atomic E-state index is 0.565. The first-order chi connectivity index (χ1) is 9.74. The molecule has 3 heteroatoms. The van der Waals surface area contributed by atoms with Crippen LogP contribution in [-0.2, 0) is 0 Å². The molecule has 1 heterocycles. The van der Waals surface area contributed by atoms with Gasteiger partial charge in [0.1, 0.15) is 0 Å². The van der Waals surface area contributed by atoms with E-state index >= 15 is 0 Å². The van der Waals surface area contributed by atoms with E-state index in [1.165, 1.54) is 44.9 Å². The Kier molecular flexibility index (Phi) is 4.02. The minimum Gasteiger partial charge on any atom is -0.371 e. The summed E-state index contributed by atoms with van der Waals surface area (Å²) in [7, 11) is 0. The van der Waals surface area contributed by atoms with Crippen molar-refractivity contribution in [3.05, 3.63) is 28.8 Å². The number of nitrogens with zero attached hydrogens (tertiary/aromatic N) is 1. The van der Waals surface area contributed by atoms with Gasteiger partial charge < -0.3 is 4.90 Å². The number of rotatable bonds is 2. The molecule has 0 radical (unpaired) electrons. The molecule has 0 unspecified atom stereocenters. The van der Waals surface area contributed by atoms with Crippen LogP contribution in [0.1, 0.15) is 55.3 Å². The van der Waals surface area contributed by atoms with E-state index in [-0.39, 0.29) is 0 Å². The average molecular weight is 292 g/mol. The van der Waals surface area contributed by atoms with Crippen LogP contribution in [0, 0.1) is 5.41 Å². The second-order valence-corrected chi connectivity index (χ2v) is 6.75. The van der Waals surface area contributed by atoms with Gasteiger partial charge in [-0.15, -0.1) is 0 Å². The molecular weight excluding hydrogens is 270 g/mol. The molecule has 0 amide bonds. The van der Waals surface area contributed by atoms with Crippen LogP contribution in [-0.4, -0.2) is 19.4 Å². The number of piperidine rings is 1. The van der Waals surface area contributed by atoms with Gasteiger partial charge >= 0.3 is 0 Å². The fourth-order valence-corrected chi connectivity index (χ4v) is 4.16. The third kappa shape index (κ3) is 2.58. The number of aldehydes is 1. The van der Waals surface area contributed by atoms with Crippen LogP contribution in [0.4, 0.5) is 5.69 Å². The van der Waals surface area contributed by atoms with Crippen molar-refractivity contribution in [2.45, 2.75) is 44.9 Å². The molecule has 0 N–H and O–H groups in total. The van der Waals surface area contributed by atoms with Crippen molar-refractivity contribution in [2.75, 3.05) is 18.0 Å². The molecule has 1 aromatic carbocycles. The minimum atomic E-state index is 0.565.